The normalized spacial score (nSPS) is 10.2. The zero-order valence-electron chi connectivity index (χ0n) is 12.4. The Hall–Kier alpha value is -1.06. The van der Waals surface area contributed by atoms with Crippen LogP contribution in [0.1, 0.15) is 71.6 Å². The molecule has 0 unspecified atom stereocenters. The van der Waals surface area contributed by atoms with Crippen LogP contribution in [0.4, 0.5) is 0 Å². The zero-order chi connectivity index (χ0) is 14.3. The molecule has 0 aliphatic heterocycles. The van der Waals surface area contributed by atoms with Crippen molar-refractivity contribution < 1.29 is 19.1 Å². The molecule has 0 radical (unpaired) electrons. The van der Waals surface area contributed by atoms with E-state index in [1.807, 2.05) is 6.92 Å². The summed E-state index contributed by atoms with van der Waals surface area (Å²) in [5.74, 6) is -0.326. The Morgan fingerprint density at radius 1 is 0.684 bits per heavy atom. The summed E-state index contributed by atoms with van der Waals surface area (Å²) in [7, 11) is 0. The van der Waals surface area contributed by atoms with Crippen LogP contribution in [0.3, 0.4) is 0 Å². The number of hydrogen-bond donors (Lipinski definition) is 0. The Morgan fingerprint density at radius 2 is 1.26 bits per heavy atom. The third kappa shape index (κ3) is 13.2. The smallest absolute Gasteiger partial charge is 0.305 e. The molecule has 0 N–H and O–H groups in total. The van der Waals surface area contributed by atoms with Crippen LogP contribution in [0.25, 0.3) is 0 Å². The summed E-state index contributed by atoms with van der Waals surface area (Å²) in [6.45, 7) is 5.12. The fourth-order valence-electron chi connectivity index (χ4n) is 1.61. The average molecular weight is 272 g/mol. The zero-order valence-corrected chi connectivity index (χ0v) is 12.4. The minimum absolute atomic E-state index is 0.154. The van der Waals surface area contributed by atoms with Crippen molar-refractivity contribution in [3.63, 3.8) is 0 Å². The number of unbranched alkanes of at least 4 members (excludes halogenated alkanes) is 4. The van der Waals surface area contributed by atoms with E-state index in [2.05, 4.69) is 6.92 Å². The Kier molecular flexibility index (Phi) is 12.6. The predicted molar refractivity (Wildman–Crippen MR) is 74.8 cm³/mol. The van der Waals surface area contributed by atoms with Gasteiger partial charge >= 0.3 is 11.9 Å². The second-order valence-corrected chi connectivity index (χ2v) is 4.71. The Labute approximate surface area is 116 Å². The topological polar surface area (TPSA) is 52.6 Å². The molecule has 0 fully saturated rings. The second-order valence-electron chi connectivity index (χ2n) is 4.71. The highest BCUT2D eigenvalue weighted by Gasteiger charge is 2.05. The third-order valence-corrected chi connectivity index (χ3v) is 2.74. The molecule has 0 atom stereocenters. The lowest BCUT2D eigenvalue weighted by molar-refractivity contribution is -0.146. The molecule has 112 valence electrons. The molecule has 0 aliphatic carbocycles. The van der Waals surface area contributed by atoms with Crippen molar-refractivity contribution >= 4 is 11.9 Å². The highest BCUT2D eigenvalue weighted by molar-refractivity contribution is 5.70. The molecule has 0 saturated carbocycles. The average Bonchev–Trinajstić information content (AvgIpc) is 2.41. The van der Waals surface area contributed by atoms with Crippen LogP contribution in [0.15, 0.2) is 0 Å². The van der Waals surface area contributed by atoms with Gasteiger partial charge in [-0.05, 0) is 25.7 Å². The molecule has 0 heterocycles. The van der Waals surface area contributed by atoms with Crippen LogP contribution in [0.5, 0.6) is 0 Å². The van der Waals surface area contributed by atoms with Gasteiger partial charge in [0.25, 0.3) is 0 Å². The molecule has 0 aromatic carbocycles. The van der Waals surface area contributed by atoms with E-state index in [4.69, 9.17) is 9.47 Å². The number of rotatable bonds is 12. The number of hydrogen-bond acceptors (Lipinski definition) is 4. The first-order valence-corrected chi connectivity index (χ1v) is 7.52. The quantitative estimate of drug-likeness (QED) is 0.402. The van der Waals surface area contributed by atoms with Gasteiger partial charge in [-0.25, -0.2) is 0 Å². The largest absolute Gasteiger partial charge is 0.466 e. The first kappa shape index (κ1) is 17.9. The van der Waals surface area contributed by atoms with Gasteiger partial charge in [0.15, 0.2) is 0 Å². The van der Waals surface area contributed by atoms with E-state index in [0.717, 1.165) is 19.3 Å². The molecule has 0 aliphatic rings. The van der Waals surface area contributed by atoms with Crippen LogP contribution in [-0.2, 0) is 19.1 Å². The van der Waals surface area contributed by atoms with Crippen molar-refractivity contribution in [2.75, 3.05) is 13.2 Å². The first-order valence-electron chi connectivity index (χ1n) is 7.52. The van der Waals surface area contributed by atoms with Gasteiger partial charge in [0, 0.05) is 12.8 Å². The lowest BCUT2D eigenvalue weighted by Crippen LogP contribution is -2.07. The Balaban J connectivity index is 3.31. The molecule has 0 saturated heterocycles. The molecule has 0 amide bonds. The number of carbonyl (C=O) groups excluding carboxylic acids is 2. The second kappa shape index (κ2) is 13.4. The number of carbonyl (C=O) groups is 2. The van der Waals surface area contributed by atoms with Gasteiger partial charge in [-0.15, -0.1) is 0 Å². The minimum Gasteiger partial charge on any atom is -0.466 e. The maximum Gasteiger partial charge on any atom is 0.305 e. The van der Waals surface area contributed by atoms with Crippen molar-refractivity contribution in [1.29, 1.82) is 0 Å². The summed E-state index contributed by atoms with van der Waals surface area (Å²) in [6.07, 6.45) is 7.45. The van der Waals surface area contributed by atoms with Crippen molar-refractivity contribution in [3.05, 3.63) is 0 Å². The Bertz CT molecular complexity index is 238. The maximum absolute atomic E-state index is 11.4. The molecule has 19 heavy (non-hydrogen) atoms. The molecule has 0 spiro atoms. The highest BCUT2D eigenvalue weighted by atomic mass is 16.5. The molecule has 4 heteroatoms. The fraction of sp³-hybridized carbons (Fsp3) is 0.867. The van der Waals surface area contributed by atoms with Crippen LogP contribution in [0.2, 0.25) is 0 Å². The van der Waals surface area contributed by atoms with Crippen molar-refractivity contribution in [2.45, 2.75) is 71.6 Å². The van der Waals surface area contributed by atoms with Gasteiger partial charge in [0.05, 0.1) is 13.2 Å². The van der Waals surface area contributed by atoms with Crippen LogP contribution < -0.4 is 0 Å². The SMILES string of the molecule is CCCCCCOC(=O)CCCCC(=O)OCCC. The van der Waals surface area contributed by atoms with Crippen molar-refractivity contribution in [1.82, 2.24) is 0 Å². The first-order chi connectivity index (χ1) is 9.20. The molecule has 0 rings (SSSR count). The van der Waals surface area contributed by atoms with Crippen molar-refractivity contribution in [3.8, 4) is 0 Å². The molecule has 0 aromatic heterocycles. The molecule has 4 nitrogen and oxygen atoms in total. The van der Waals surface area contributed by atoms with Crippen molar-refractivity contribution in [2.24, 2.45) is 0 Å². The van der Waals surface area contributed by atoms with E-state index < -0.39 is 0 Å². The van der Waals surface area contributed by atoms with Crippen LogP contribution >= 0.6 is 0 Å². The van der Waals surface area contributed by atoms with Gasteiger partial charge in [-0.1, -0.05) is 33.1 Å². The van der Waals surface area contributed by atoms with E-state index in [9.17, 15) is 9.59 Å². The summed E-state index contributed by atoms with van der Waals surface area (Å²) in [6, 6.07) is 0. The summed E-state index contributed by atoms with van der Waals surface area (Å²) in [4.78, 5) is 22.5. The van der Waals surface area contributed by atoms with E-state index >= 15 is 0 Å². The molecular formula is C15H28O4. The summed E-state index contributed by atoms with van der Waals surface area (Å²) >= 11 is 0. The van der Waals surface area contributed by atoms with Gasteiger partial charge in [-0.2, -0.15) is 0 Å². The van der Waals surface area contributed by atoms with Gasteiger partial charge in [0.1, 0.15) is 0 Å². The fourth-order valence-corrected chi connectivity index (χ4v) is 1.61. The van der Waals surface area contributed by atoms with E-state index in [1.54, 1.807) is 0 Å². The van der Waals surface area contributed by atoms with Gasteiger partial charge < -0.3 is 9.47 Å². The molecule has 0 aromatic rings. The minimum atomic E-state index is -0.171. The van der Waals surface area contributed by atoms with E-state index in [1.165, 1.54) is 12.8 Å². The summed E-state index contributed by atoms with van der Waals surface area (Å²) < 4.78 is 10.1. The lowest BCUT2D eigenvalue weighted by atomic mass is 10.2. The van der Waals surface area contributed by atoms with Gasteiger partial charge in [0.2, 0.25) is 0 Å². The molecular weight excluding hydrogens is 244 g/mol. The number of esters is 2. The Morgan fingerprint density at radius 3 is 1.79 bits per heavy atom. The summed E-state index contributed by atoms with van der Waals surface area (Å²) in [5.41, 5.74) is 0. The van der Waals surface area contributed by atoms with Crippen LogP contribution in [0, 0.1) is 0 Å². The standard InChI is InChI=1S/C15H28O4/c1-3-5-6-9-13-19-15(17)11-8-7-10-14(16)18-12-4-2/h3-13H2,1-2H3. The monoisotopic (exact) mass is 272 g/mol. The summed E-state index contributed by atoms with van der Waals surface area (Å²) in [5, 5.41) is 0. The predicted octanol–water partition coefficient (Wildman–Crippen LogP) is 3.62. The van der Waals surface area contributed by atoms with E-state index in [-0.39, 0.29) is 11.9 Å². The van der Waals surface area contributed by atoms with Gasteiger partial charge in [-0.3, -0.25) is 9.59 Å². The maximum atomic E-state index is 11.4. The van der Waals surface area contributed by atoms with E-state index in [0.29, 0.717) is 38.9 Å². The van der Waals surface area contributed by atoms with Crippen LogP contribution in [-0.4, -0.2) is 25.2 Å². The number of ether oxygens (including phenoxy) is 2. The lowest BCUT2D eigenvalue weighted by Gasteiger charge is -2.05. The third-order valence-electron chi connectivity index (χ3n) is 2.74. The molecule has 0 bridgehead atoms. The highest BCUT2D eigenvalue weighted by Crippen LogP contribution is 2.04.